The van der Waals surface area contributed by atoms with Gasteiger partial charge in [-0.15, -0.1) is 15.0 Å². The van der Waals surface area contributed by atoms with Crippen LogP contribution in [0.2, 0.25) is 0 Å². The highest BCUT2D eigenvalue weighted by atomic mass is 15.6. The van der Waals surface area contributed by atoms with Crippen molar-refractivity contribution >= 4 is 0 Å². The van der Waals surface area contributed by atoms with Crippen LogP contribution in [0.5, 0.6) is 0 Å². The third kappa shape index (κ3) is 2.82. The Morgan fingerprint density at radius 1 is 0.625 bits per heavy atom. The summed E-state index contributed by atoms with van der Waals surface area (Å²) in [4.78, 5) is 1.58. The Kier molecular flexibility index (Phi) is 3.86. The molecule has 0 fully saturated rings. The number of para-hydroxylation sites is 1. The van der Waals surface area contributed by atoms with E-state index >= 15 is 0 Å². The normalized spacial score (nSPS) is 10.9. The van der Waals surface area contributed by atoms with E-state index in [2.05, 4.69) is 39.7 Å². The van der Waals surface area contributed by atoms with Gasteiger partial charge in [0.1, 0.15) is 0 Å². The fourth-order valence-corrected chi connectivity index (χ4v) is 2.79. The molecule has 116 valence electrons. The van der Waals surface area contributed by atoms with E-state index in [1.165, 1.54) is 0 Å². The summed E-state index contributed by atoms with van der Waals surface area (Å²) in [6.45, 7) is 0. The minimum absolute atomic E-state index is 0.0372. The van der Waals surface area contributed by atoms with E-state index in [4.69, 9.17) is 0 Å². The number of aromatic nitrogens is 4. The maximum atomic E-state index is 4.63. The van der Waals surface area contributed by atoms with E-state index in [1.807, 2.05) is 66.7 Å². The Hall–Kier alpha value is -3.27. The van der Waals surface area contributed by atoms with Crippen LogP contribution in [0.15, 0.2) is 91.0 Å². The predicted molar refractivity (Wildman–Crippen MR) is 93.0 cm³/mol. The highest BCUT2D eigenvalue weighted by molar-refractivity contribution is 5.38. The fraction of sp³-hybridized carbons (Fsp3) is 0.0500. The third-order valence-electron chi connectivity index (χ3n) is 3.94. The molecule has 4 rings (SSSR count). The van der Waals surface area contributed by atoms with Gasteiger partial charge in [-0.2, -0.15) is 0 Å². The lowest BCUT2D eigenvalue weighted by atomic mass is 9.91. The molecule has 0 saturated carbocycles. The lowest BCUT2D eigenvalue weighted by Crippen LogP contribution is -2.06. The quantitative estimate of drug-likeness (QED) is 0.575. The lowest BCUT2D eigenvalue weighted by molar-refractivity contribution is 0.716. The molecule has 0 aliphatic carbocycles. The zero-order valence-corrected chi connectivity index (χ0v) is 13.0. The number of benzene rings is 3. The van der Waals surface area contributed by atoms with E-state index in [-0.39, 0.29) is 5.92 Å². The first-order valence-electron chi connectivity index (χ1n) is 7.87. The van der Waals surface area contributed by atoms with Crippen molar-refractivity contribution < 1.29 is 0 Å². The molecule has 4 heteroatoms. The van der Waals surface area contributed by atoms with E-state index in [1.54, 1.807) is 4.80 Å². The third-order valence-corrected chi connectivity index (χ3v) is 3.94. The summed E-state index contributed by atoms with van der Waals surface area (Å²) in [5.41, 5.74) is 3.20. The molecule has 4 aromatic rings. The summed E-state index contributed by atoms with van der Waals surface area (Å²) < 4.78 is 0. The van der Waals surface area contributed by atoms with Crippen molar-refractivity contribution in [3.63, 3.8) is 0 Å². The molecule has 0 bridgehead atoms. The summed E-state index contributed by atoms with van der Waals surface area (Å²) in [5, 5.41) is 13.2. The molecule has 4 nitrogen and oxygen atoms in total. The number of hydrogen-bond donors (Lipinski definition) is 0. The van der Waals surface area contributed by atoms with Crippen molar-refractivity contribution in [1.82, 2.24) is 20.2 Å². The summed E-state index contributed by atoms with van der Waals surface area (Å²) in [5.74, 6) is 0.654. The van der Waals surface area contributed by atoms with Gasteiger partial charge < -0.3 is 0 Å². The van der Waals surface area contributed by atoms with Crippen LogP contribution in [-0.4, -0.2) is 20.2 Å². The van der Waals surface area contributed by atoms with Crippen molar-refractivity contribution in [2.24, 2.45) is 0 Å². The number of rotatable bonds is 4. The van der Waals surface area contributed by atoms with Crippen LogP contribution < -0.4 is 0 Å². The van der Waals surface area contributed by atoms with Gasteiger partial charge in [0.15, 0.2) is 5.82 Å². The molecule has 0 atom stereocenters. The van der Waals surface area contributed by atoms with Crippen molar-refractivity contribution in [3.8, 4) is 5.69 Å². The number of nitrogens with zero attached hydrogens (tertiary/aromatic N) is 4. The van der Waals surface area contributed by atoms with E-state index in [9.17, 15) is 0 Å². The van der Waals surface area contributed by atoms with Crippen LogP contribution in [0.4, 0.5) is 0 Å². The minimum Gasteiger partial charge on any atom is -0.131 e. The molecule has 0 N–H and O–H groups in total. The first kappa shape index (κ1) is 14.3. The highest BCUT2D eigenvalue weighted by Gasteiger charge is 2.21. The highest BCUT2D eigenvalue weighted by Crippen LogP contribution is 2.29. The predicted octanol–water partition coefficient (Wildman–Crippen LogP) is 3.84. The summed E-state index contributed by atoms with van der Waals surface area (Å²) in [6, 6.07) is 30.4. The molecular weight excluding hydrogens is 296 g/mol. The summed E-state index contributed by atoms with van der Waals surface area (Å²) in [6.07, 6.45) is 0. The van der Waals surface area contributed by atoms with Gasteiger partial charge in [-0.25, -0.2) is 0 Å². The van der Waals surface area contributed by atoms with Crippen molar-refractivity contribution in [2.45, 2.75) is 5.92 Å². The zero-order valence-electron chi connectivity index (χ0n) is 13.0. The summed E-state index contributed by atoms with van der Waals surface area (Å²) >= 11 is 0. The molecule has 0 saturated heterocycles. The van der Waals surface area contributed by atoms with Gasteiger partial charge in [-0.1, -0.05) is 78.9 Å². The fourth-order valence-electron chi connectivity index (χ4n) is 2.79. The molecule has 0 aliphatic heterocycles. The first-order chi connectivity index (χ1) is 11.9. The topological polar surface area (TPSA) is 43.6 Å². The Labute approximate surface area is 140 Å². The SMILES string of the molecule is c1ccc(C(c2ccccc2)c2nnn(-c3ccccc3)n2)cc1. The molecule has 1 heterocycles. The maximum Gasteiger partial charge on any atom is 0.187 e. The van der Waals surface area contributed by atoms with Gasteiger partial charge in [0.2, 0.25) is 0 Å². The maximum absolute atomic E-state index is 4.63. The zero-order chi connectivity index (χ0) is 16.2. The van der Waals surface area contributed by atoms with E-state index in [0.717, 1.165) is 16.8 Å². The molecule has 0 amide bonds. The van der Waals surface area contributed by atoms with Crippen LogP contribution in [0.25, 0.3) is 5.69 Å². The number of hydrogen-bond acceptors (Lipinski definition) is 3. The van der Waals surface area contributed by atoms with E-state index < -0.39 is 0 Å². The Balaban J connectivity index is 1.79. The Morgan fingerprint density at radius 2 is 1.12 bits per heavy atom. The molecule has 0 spiro atoms. The molecule has 0 aliphatic rings. The van der Waals surface area contributed by atoms with Gasteiger partial charge >= 0.3 is 0 Å². The van der Waals surface area contributed by atoms with E-state index in [0.29, 0.717) is 5.82 Å². The van der Waals surface area contributed by atoms with Crippen LogP contribution >= 0.6 is 0 Å². The monoisotopic (exact) mass is 312 g/mol. The largest absolute Gasteiger partial charge is 0.187 e. The number of tetrazole rings is 1. The molecule has 24 heavy (non-hydrogen) atoms. The van der Waals surface area contributed by atoms with Crippen LogP contribution in [-0.2, 0) is 0 Å². The smallest absolute Gasteiger partial charge is 0.131 e. The van der Waals surface area contributed by atoms with Crippen molar-refractivity contribution in [2.75, 3.05) is 0 Å². The summed E-state index contributed by atoms with van der Waals surface area (Å²) in [7, 11) is 0. The van der Waals surface area contributed by atoms with Crippen molar-refractivity contribution in [3.05, 3.63) is 108 Å². The second kappa shape index (κ2) is 6.46. The van der Waals surface area contributed by atoms with Gasteiger partial charge in [0, 0.05) is 0 Å². The van der Waals surface area contributed by atoms with Gasteiger partial charge in [0.05, 0.1) is 11.6 Å². The molecule has 3 aromatic carbocycles. The lowest BCUT2D eigenvalue weighted by Gasteiger charge is -2.14. The van der Waals surface area contributed by atoms with Gasteiger partial charge in [0.25, 0.3) is 0 Å². The van der Waals surface area contributed by atoms with Crippen LogP contribution in [0.3, 0.4) is 0 Å². The first-order valence-corrected chi connectivity index (χ1v) is 7.87. The second-order valence-corrected chi connectivity index (χ2v) is 5.53. The van der Waals surface area contributed by atoms with Gasteiger partial charge in [-0.3, -0.25) is 0 Å². The molecule has 1 aromatic heterocycles. The van der Waals surface area contributed by atoms with Crippen molar-refractivity contribution in [1.29, 1.82) is 0 Å². The standard InChI is InChI=1S/C20H16N4/c1-4-10-16(11-5-1)19(17-12-6-2-7-13-17)20-21-23-24(22-20)18-14-8-3-9-15-18/h1-15,19H. The average Bonchev–Trinajstić information content (AvgIpc) is 3.14. The van der Waals surface area contributed by atoms with Gasteiger partial charge in [-0.05, 0) is 28.5 Å². The minimum atomic E-state index is -0.0372. The molecule has 0 radical (unpaired) electrons. The Bertz CT molecular complexity index is 863. The Morgan fingerprint density at radius 3 is 1.67 bits per heavy atom. The second-order valence-electron chi connectivity index (χ2n) is 5.53. The molecular formula is C20H16N4. The molecule has 0 unspecified atom stereocenters. The average molecular weight is 312 g/mol. The van der Waals surface area contributed by atoms with Crippen LogP contribution in [0.1, 0.15) is 22.9 Å². The van der Waals surface area contributed by atoms with Crippen LogP contribution in [0, 0.1) is 0 Å².